The Hall–Kier alpha value is -2.21. The third-order valence-corrected chi connectivity index (χ3v) is 6.90. The van der Waals surface area contributed by atoms with E-state index in [9.17, 15) is 27.8 Å². The Labute approximate surface area is 151 Å². The van der Waals surface area contributed by atoms with E-state index in [1.807, 2.05) is 0 Å². The zero-order valence-corrected chi connectivity index (χ0v) is 15.7. The highest BCUT2D eigenvalue weighted by molar-refractivity contribution is 8.45. The van der Waals surface area contributed by atoms with Gasteiger partial charge < -0.3 is 4.57 Å². The second-order valence-corrected chi connectivity index (χ2v) is 10.5. The highest BCUT2D eigenvalue weighted by Crippen LogP contribution is 3.02. The van der Waals surface area contributed by atoms with Crippen LogP contribution < -0.4 is 0 Å². The number of fused-ring (bicyclic) bond motifs is 1. The molecule has 0 spiro atoms. The van der Waals surface area contributed by atoms with Gasteiger partial charge in [-0.2, -0.15) is 0 Å². The summed E-state index contributed by atoms with van der Waals surface area (Å²) in [6, 6.07) is 4.13. The first-order valence-electron chi connectivity index (χ1n) is 7.53. The van der Waals surface area contributed by atoms with Crippen molar-refractivity contribution in [3.05, 3.63) is 36.5 Å². The number of pyridine rings is 1. The van der Waals surface area contributed by atoms with E-state index in [-0.39, 0.29) is 45.3 Å². The number of imidazole rings is 1. The fourth-order valence-corrected chi connectivity index (χ4v) is 4.29. The van der Waals surface area contributed by atoms with Crippen LogP contribution in [0.2, 0.25) is 0 Å². The van der Waals surface area contributed by atoms with Crippen LogP contribution in [-0.4, -0.2) is 28.7 Å². The van der Waals surface area contributed by atoms with Crippen molar-refractivity contribution >= 4 is 31.1 Å². The lowest BCUT2D eigenvalue weighted by molar-refractivity contribution is 0.364. The van der Waals surface area contributed by atoms with E-state index in [4.69, 9.17) is 0 Å². The average molecular weight is 427 g/mol. The first kappa shape index (κ1) is 19.5. The minimum Gasteiger partial charge on any atom is -0.326 e. The van der Waals surface area contributed by atoms with Gasteiger partial charge in [-0.1, -0.05) is 26.4 Å². The lowest BCUT2D eigenvalue weighted by atomic mass is 10.3. The van der Waals surface area contributed by atoms with Crippen molar-refractivity contribution < 1.29 is 27.8 Å². The molecule has 0 saturated carbocycles. The van der Waals surface area contributed by atoms with Crippen molar-refractivity contribution in [1.29, 1.82) is 0 Å². The maximum atomic E-state index is 13.0. The molecule has 0 aliphatic rings. The summed E-state index contributed by atoms with van der Waals surface area (Å²) in [5.74, 6) is -0.263. The van der Waals surface area contributed by atoms with Gasteiger partial charge >= 0.3 is 10.2 Å². The van der Waals surface area contributed by atoms with Crippen molar-refractivity contribution in [3.8, 4) is 11.5 Å². The Balaban J connectivity index is 2.30. The summed E-state index contributed by atoms with van der Waals surface area (Å²) in [5.41, 5.74) is -0.281. The fraction of sp³-hybridized carbons (Fsp3) is 0.200. The number of halogens is 5. The molecule has 12 heteroatoms. The quantitative estimate of drug-likeness (QED) is 0.545. The van der Waals surface area contributed by atoms with Crippen LogP contribution in [0.15, 0.2) is 46.3 Å². The number of rotatable bonds is 4. The van der Waals surface area contributed by atoms with E-state index in [1.54, 1.807) is 0 Å². The van der Waals surface area contributed by atoms with Crippen molar-refractivity contribution in [1.82, 2.24) is 14.5 Å². The first-order valence-corrected chi connectivity index (χ1v) is 11.1. The first-order chi connectivity index (χ1) is 12.1. The molecule has 0 saturated heterocycles. The Morgan fingerprint density at radius 1 is 1.11 bits per heavy atom. The molecule has 148 valence electrons. The van der Waals surface area contributed by atoms with Crippen LogP contribution in [0, 0.1) is 0 Å². The van der Waals surface area contributed by atoms with Crippen LogP contribution >= 0.6 is 10.2 Å². The summed E-state index contributed by atoms with van der Waals surface area (Å²) in [6.45, 7) is 1.43. The van der Waals surface area contributed by atoms with E-state index in [0.717, 1.165) is 6.07 Å². The van der Waals surface area contributed by atoms with Crippen LogP contribution in [0.4, 0.5) is 19.4 Å². The molecule has 3 rings (SSSR count). The number of hydrogen-bond acceptors (Lipinski definition) is 4. The highest BCUT2D eigenvalue weighted by Gasteiger charge is 2.65. The summed E-state index contributed by atoms with van der Waals surface area (Å²) in [6.07, 6.45) is 1.31. The van der Waals surface area contributed by atoms with Gasteiger partial charge in [0.25, 0.3) is 0 Å². The summed E-state index contributed by atoms with van der Waals surface area (Å²) in [4.78, 5) is 5.74. The van der Waals surface area contributed by atoms with Gasteiger partial charge in [-0.3, -0.25) is 4.98 Å². The topological polar surface area (TPSA) is 64.8 Å². The molecule has 0 aliphatic carbocycles. The van der Waals surface area contributed by atoms with E-state index < -0.39 is 25.0 Å². The lowest BCUT2D eigenvalue weighted by Gasteiger charge is -2.40. The van der Waals surface area contributed by atoms with E-state index >= 15 is 0 Å². The maximum Gasteiger partial charge on any atom is 0.310 e. The van der Waals surface area contributed by atoms with Gasteiger partial charge in [-0.25, -0.2) is 13.4 Å². The second-order valence-electron chi connectivity index (χ2n) is 5.87. The smallest absolute Gasteiger partial charge is 0.310 e. The molecule has 5 nitrogen and oxygen atoms in total. The molecule has 0 amide bonds. The van der Waals surface area contributed by atoms with Crippen molar-refractivity contribution in [2.75, 3.05) is 5.75 Å². The molecular weight excluding hydrogens is 413 g/mol. The minimum absolute atomic E-state index is 0.0445. The summed E-state index contributed by atoms with van der Waals surface area (Å²) in [7, 11) is -12.1. The van der Waals surface area contributed by atoms with Crippen LogP contribution in [-0.2, 0) is 16.9 Å². The van der Waals surface area contributed by atoms with Crippen LogP contribution in [0.5, 0.6) is 0 Å². The molecule has 0 fully saturated rings. The summed E-state index contributed by atoms with van der Waals surface area (Å²) < 4.78 is 91.1. The van der Waals surface area contributed by atoms with Gasteiger partial charge in [0.15, 0.2) is 15.7 Å². The van der Waals surface area contributed by atoms with Gasteiger partial charge in [0.2, 0.25) is 0 Å². The molecule has 0 unspecified atom stereocenters. The Morgan fingerprint density at radius 2 is 1.78 bits per heavy atom. The number of sulfone groups is 1. The zero-order valence-electron chi connectivity index (χ0n) is 14.0. The number of hydrogen-bond donors (Lipinski definition) is 0. The number of aryl methyl sites for hydroxylation is 1. The van der Waals surface area contributed by atoms with E-state index in [0.29, 0.717) is 0 Å². The van der Waals surface area contributed by atoms with E-state index in [2.05, 4.69) is 9.97 Å². The molecule has 2 aromatic heterocycles. The summed E-state index contributed by atoms with van der Waals surface area (Å²) in [5, 5.41) is 0. The molecule has 0 bridgehead atoms. The van der Waals surface area contributed by atoms with Crippen LogP contribution in [0.25, 0.3) is 22.6 Å². The molecule has 0 atom stereocenters. The predicted molar refractivity (Wildman–Crippen MR) is 93.1 cm³/mol. The fourth-order valence-electron chi connectivity index (χ4n) is 2.60. The van der Waals surface area contributed by atoms with E-state index in [1.165, 1.54) is 36.9 Å². The largest absolute Gasteiger partial charge is 0.326 e. The SMILES string of the molecule is CCS(=O)(=O)c1cccnc1-c1nc2cc(S(F)(F)(F)(F)F)ccc2n1C. The lowest BCUT2D eigenvalue weighted by Crippen LogP contribution is -2.08. The molecule has 0 radical (unpaired) electrons. The van der Waals surface area contributed by atoms with Gasteiger partial charge in [0, 0.05) is 13.2 Å². The molecule has 27 heavy (non-hydrogen) atoms. The zero-order chi connectivity index (χ0) is 20.3. The molecule has 1 aromatic carbocycles. The monoisotopic (exact) mass is 427 g/mol. The van der Waals surface area contributed by atoms with Crippen molar-refractivity contribution in [2.45, 2.75) is 16.7 Å². The number of benzene rings is 1. The van der Waals surface area contributed by atoms with Crippen LogP contribution in [0.1, 0.15) is 6.92 Å². The van der Waals surface area contributed by atoms with Crippen molar-refractivity contribution in [3.63, 3.8) is 0 Å². The Morgan fingerprint density at radius 3 is 2.37 bits per heavy atom. The molecule has 2 heterocycles. The van der Waals surface area contributed by atoms with Gasteiger partial charge in [-0.05, 0) is 30.3 Å². The molecule has 0 aliphatic heterocycles. The molecule has 0 N–H and O–H groups in total. The Bertz CT molecular complexity index is 1170. The predicted octanol–water partition coefficient (Wildman–Crippen LogP) is 5.09. The van der Waals surface area contributed by atoms with Crippen molar-refractivity contribution in [2.24, 2.45) is 7.05 Å². The Kier molecular flexibility index (Phi) is 3.76. The maximum absolute atomic E-state index is 13.0. The van der Waals surface area contributed by atoms with Gasteiger partial charge in [0.1, 0.15) is 10.6 Å². The number of aromatic nitrogens is 3. The van der Waals surface area contributed by atoms with Gasteiger partial charge in [-0.15, -0.1) is 0 Å². The third-order valence-electron chi connectivity index (χ3n) is 4.00. The van der Waals surface area contributed by atoms with Crippen LogP contribution in [0.3, 0.4) is 0 Å². The normalized spacial score (nSPS) is 15.5. The summed E-state index contributed by atoms with van der Waals surface area (Å²) >= 11 is 0. The highest BCUT2D eigenvalue weighted by atomic mass is 32.5. The molecule has 3 aromatic rings. The second kappa shape index (κ2) is 5.19. The number of nitrogens with zero attached hydrogens (tertiary/aromatic N) is 3. The minimum atomic E-state index is -9.86. The standard InChI is InChI=1S/C15H14F5N3O2S2/c1-3-26(24,25)13-5-4-8-21-14(13)15-22-11-9-10(27(16,17,18,19)20)6-7-12(11)23(15)2/h4-9H,3H2,1-2H3. The third kappa shape index (κ3) is 3.50. The average Bonchev–Trinajstić information content (AvgIpc) is 2.89. The van der Waals surface area contributed by atoms with Gasteiger partial charge in [0.05, 0.1) is 21.7 Å². The molecular formula is C15H14F5N3O2S2.